The van der Waals surface area contributed by atoms with E-state index in [0.29, 0.717) is 0 Å². The average Bonchev–Trinajstić information content (AvgIpc) is 2.12. The highest BCUT2D eigenvalue weighted by Gasteiger charge is 2.06. The van der Waals surface area contributed by atoms with Crippen molar-refractivity contribution >= 4 is 11.6 Å². The van der Waals surface area contributed by atoms with E-state index in [2.05, 4.69) is 0 Å². The molecule has 3 heteroatoms. The van der Waals surface area contributed by atoms with Gasteiger partial charge in [-0.3, -0.25) is 0 Å². The summed E-state index contributed by atoms with van der Waals surface area (Å²) >= 11 is 5.34. The van der Waals surface area contributed by atoms with Crippen LogP contribution >= 0.6 is 11.6 Å². The van der Waals surface area contributed by atoms with Gasteiger partial charge in [0, 0.05) is 5.56 Å². The quantitative estimate of drug-likeness (QED) is 0.546. The van der Waals surface area contributed by atoms with Gasteiger partial charge in [-0.1, -0.05) is 25.4 Å². The van der Waals surface area contributed by atoms with Crippen LogP contribution in [0.25, 0.3) is 0 Å². The first-order chi connectivity index (χ1) is 5.63. The molecule has 0 aliphatic heterocycles. The summed E-state index contributed by atoms with van der Waals surface area (Å²) in [5.74, 6) is -1.25. The Morgan fingerprint density at radius 1 is 1.17 bits per heavy atom. The predicted octanol–water partition coefficient (Wildman–Crippen LogP) is 3.95. The molecule has 0 radical (unpaired) electrons. The van der Waals surface area contributed by atoms with Crippen molar-refractivity contribution in [2.75, 3.05) is 0 Å². The Morgan fingerprint density at radius 3 is 2.08 bits per heavy atom. The third-order valence-corrected chi connectivity index (χ3v) is 1.57. The highest BCUT2D eigenvalue weighted by atomic mass is 35.5. The van der Waals surface area contributed by atoms with Crippen molar-refractivity contribution in [2.24, 2.45) is 0 Å². The Kier molecular flexibility index (Phi) is 4.83. The molecule has 1 rings (SSSR count). The molecule has 0 spiro atoms. The maximum Gasteiger partial charge on any atom is 0.147 e. The summed E-state index contributed by atoms with van der Waals surface area (Å²) in [7, 11) is 0. The lowest BCUT2D eigenvalue weighted by atomic mass is 10.2. The Labute approximate surface area is 76.2 Å². The molecule has 0 fully saturated rings. The monoisotopic (exact) mass is 192 g/mol. The van der Waals surface area contributed by atoms with E-state index in [9.17, 15) is 8.78 Å². The van der Waals surface area contributed by atoms with Crippen LogP contribution in [0.4, 0.5) is 8.78 Å². The van der Waals surface area contributed by atoms with Crippen LogP contribution in [0.5, 0.6) is 0 Å². The van der Waals surface area contributed by atoms with Crippen molar-refractivity contribution in [3.8, 4) is 0 Å². The normalized spacial score (nSPS) is 8.83. The van der Waals surface area contributed by atoms with Gasteiger partial charge in [-0.25, -0.2) is 8.78 Å². The smallest absolute Gasteiger partial charge is 0.147 e. The molecule has 0 saturated heterocycles. The van der Waals surface area contributed by atoms with Gasteiger partial charge in [-0.15, -0.1) is 0 Å². The minimum absolute atomic E-state index is 0.0347. The zero-order chi connectivity index (χ0) is 9.72. The molecular weight excluding hydrogens is 182 g/mol. The fourth-order valence-electron chi connectivity index (χ4n) is 0.628. The number of benzene rings is 1. The Bertz CT molecular complexity index is 232. The number of hydrogen-bond donors (Lipinski definition) is 0. The van der Waals surface area contributed by atoms with Crippen LogP contribution in [0.1, 0.15) is 19.4 Å². The fourth-order valence-corrected chi connectivity index (χ4v) is 0.833. The van der Waals surface area contributed by atoms with Crippen LogP contribution in [0.15, 0.2) is 12.1 Å². The van der Waals surface area contributed by atoms with E-state index in [1.807, 2.05) is 13.8 Å². The first kappa shape index (κ1) is 11.4. The lowest BCUT2D eigenvalue weighted by Gasteiger charge is -1.98. The molecule has 0 aliphatic carbocycles. The van der Waals surface area contributed by atoms with Crippen LogP contribution in [-0.2, 0) is 0 Å². The van der Waals surface area contributed by atoms with E-state index >= 15 is 0 Å². The molecule has 0 unspecified atom stereocenters. The molecule has 0 heterocycles. The Hall–Kier alpha value is -0.630. The SMILES string of the molecule is CC.Cc1c(F)ccc(Cl)c1F. The Balaban J connectivity index is 0.000000561. The van der Waals surface area contributed by atoms with Crippen molar-refractivity contribution < 1.29 is 8.78 Å². The highest BCUT2D eigenvalue weighted by molar-refractivity contribution is 6.30. The van der Waals surface area contributed by atoms with Gasteiger partial charge < -0.3 is 0 Å². The standard InChI is InChI=1S/C7H5ClF2.C2H6/c1-4-6(9)3-2-5(8)7(4)10;1-2/h2-3H,1H3;1-2H3. The molecule has 0 N–H and O–H groups in total. The van der Waals surface area contributed by atoms with Crippen LogP contribution in [0.2, 0.25) is 5.02 Å². The topological polar surface area (TPSA) is 0 Å². The summed E-state index contributed by atoms with van der Waals surface area (Å²) in [5, 5.41) is -0.0427. The summed E-state index contributed by atoms with van der Waals surface area (Å²) in [4.78, 5) is 0. The summed E-state index contributed by atoms with van der Waals surface area (Å²) in [6, 6.07) is 2.33. The van der Waals surface area contributed by atoms with E-state index < -0.39 is 11.6 Å². The maximum atomic E-state index is 12.6. The van der Waals surface area contributed by atoms with Gasteiger partial charge in [0.1, 0.15) is 11.6 Å². The van der Waals surface area contributed by atoms with E-state index in [1.54, 1.807) is 0 Å². The molecule has 68 valence electrons. The third kappa shape index (κ3) is 2.45. The summed E-state index contributed by atoms with van der Waals surface area (Å²) in [6.07, 6.45) is 0. The molecular formula is C9H11ClF2. The largest absolute Gasteiger partial charge is 0.207 e. The lowest BCUT2D eigenvalue weighted by Crippen LogP contribution is -1.87. The van der Waals surface area contributed by atoms with E-state index in [4.69, 9.17) is 11.6 Å². The van der Waals surface area contributed by atoms with Crippen LogP contribution in [0.3, 0.4) is 0 Å². The maximum absolute atomic E-state index is 12.6. The molecule has 0 atom stereocenters. The lowest BCUT2D eigenvalue weighted by molar-refractivity contribution is 0.568. The van der Waals surface area contributed by atoms with Crippen LogP contribution in [0, 0.1) is 18.6 Å². The molecule has 0 amide bonds. The van der Waals surface area contributed by atoms with Crippen molar-refractivity contribution in [3.05, 3.63) is 34.4 Å². The molecule has 0 bridgehead atoms. The van der Waals surface area contributed by atoms with Gasteiger partial charge in [0.05, 0.1) is 5.02 Å². The first-order valence-corrected chi connectivity index (χ1v) is 4.11. The van der Waals surface area contributed by atoms with Crippen LogP contribution < -0.4 is 0 Å². The predicted molar refractivity (Wildman–Crippen MR) is 47.5 cm³/mol. The molecule has 12 heavy (non-hydrogen) atoms. The second-order valence-electron chi connectivity index (χ2n) is 1.97. The zero-order valence-corrected chi connectivity index (χ0v) is 8.04. The van der Waals surface area contributed by atoms with Crippen molar-refractivity contribution in [1.82, 2.24) is 0 Å². The van der Waals surface area contributed by atoms with E-state index in [0.717, 1.165) is 6.07 Å². The Morgan fingerprint density at radius 2 is 1.67 bits per heavy atom. The second kappa shape index (κ2) is 5.09. The van der Waals surface area contributed by atoms with E-state index in [-0.39, 0.29) is 10.6 Å². The minimum Gasteiger partial charge on any atom is -0.207 e. The fraction of sp³-hybridized carbons (Fsp3) is 0.333. The minimum atomic E-state index is -0.679. The number of halogens is 3. The first-order valence-electron chi connectivity index (χ1n) is 3.73. The van der Waals surface area contributed by atoms with Crippen molar-refractivity contribution in [3.63, 3.8) is 0 Å². The van der Waals surface area contributed by atoms with Gasteiger partial charge in [-0.2, -0.15) is 0 Å². The molecule has 1 aromatic carbocycles. The highest BCUT2D eigenvalue weighted by Crippen LogP contribution is 2.19. The summed E-state index contributed by atoms with van der Waals surface area (Å²) < 4.78 is 25.1. The average molecular weight is 193 g/mol. The van der Waals surface area contributed by atoms with Gasteiger partial charge >= 0.3 is 0 Å². The number of hydrogen-bond acceptors (Lipinski definition) is 0. The van der Waals surface area contributed by atoms with Gasteiger partial charge in [0.25, 0.3) is 0 Å². The second-order valence-corrected chi connectivity index (χ2v) is 2.38. The molecule has 0 aliphatic rings. The molecule has 0 aromatic heterocycles. The number of rotatable bonds is 0. The molecule has 0 nitrogen and oxygen atoms in total. The van der Waals surface area contributed by atoms with Gasteiger partial charge in [0.15, 0.2) is 0 Å². The van der Waals surface area contributed by atoms with Crippen molar-refractivity contribution in [1.29, 1.82) is 0 Å². The van der Waals surface area contributed by atoms with Crippen molar-refractivity contribution in [2.45, 2.75) is 20.8 Å². The molecule has 0 saturated carbocycles. The van der Waals surface area contributed by atoms with Gasteiger partial charge in [0.2, 0.25) is 0 Å². The zero-order valence-electron chi connectivity index (χ0n) is 7.29. The molecule has 1 aromatic rings. The summed E-state index contributed by atoms with van der Waals surface area (Å²) in [6.45, 7) is 5.34. The van der Waals surface area contributed by atoms with Crippen LogP contribution in [-0.4, -0.2) is 0 Å². The summed E-state index contributed by atoms with van der Waals surface area (Å²) in [5.41, 5.74) is -0.0347. The van der Waals surface area contributed by atoms with E-state index in [1.165, 1.54) is 13.0 Å². The van der Waals surface area contributed by atoms with Gasteiger partial charge in [-0.05, 0) is 19.1 Å². The third-order valence-electron chi connectivity index (χ3n) is 1.27.